The van der Waals surface area contributed by atoms with Crippen molar-refractivity contribution in [2.45, 2.75) is 13.0 Å². The van der Waals surface area contributed by atoms with Crippen LogP contribution in [0, 0.1) is 0 Å². The molecule has 4 aromatic rings. The van der Waals surface area contributed by atoms with E-state index in [2.05, 4.69) is 28.0 Å². The summed E-state index contributed by atoms with van der Waals surface area (Å²) in [5, 5.41) is 2.86. The predicted molar refractivity (Wildman–Crippen MR) is 102 cm³/mol. The quantitative estimate of drug-likeness (QED) is 0.581. The van der Waals surface area contributed by atoms with Crippen LogP contribution in [0.3, 0.4) is 0 Å². The van der Waals surface area contributed by atoms with Gasteiger partial charge in [0.15, 0.2) is 4.96 Å². The Morgan fingerprint density at radius 3 is 2.76 bits per heavy atom. The smallest absolute Gasteiger partial charge is 0.221 e. The third kappa shape index (κ3) is 3.14. The maximum Gasteiger partial charge on any atom is 0.221 e. The first-order chi connectivity index (χ1) is 12.2. The molecule has 0 atom stereocenters. The normalized spacial score (nSPS) is 11.2. The summed E-state index contributed by atoms with van der Waals surface area (Å²) in [6.45, 7) is 0.888. The summed E-state index contributed by atoms with van der Waals surface area (Å²) in [5.74, 6) is -0.0206. The zero-order chi connectivity index (χ0) is 17.2. The van der Waals surface area contributed by atoms with E-state index < -0.39 is 0 Å². The van der Waals surface area contributed by atoms with E-state index in [0.717, 1.165) is 21.8 Å². The number of thiazole rings is 1. The first kappa shape index (κ1) is 15.8. The number of fused-ring (bicyclic) bond motifs is 3. The third-order valence-electron chi connectivity index (χ3n) is 4.11. The lowest BCUT2D eigenvalue weighted by Gasteiger charge is -2.05. The fourth-order valence-corrected chi connectivity index (χ4v) is 3.81. The molecule has 2 aromatic carbocycles. The molecule has 0 saturated heterocycles. The minimum absolute atomic E-state index is 0.0206. The molecule has 25 heavy (non-hydrogen) atoms. The number of aromatic nitrogens is 2. The van der Waals surface area contributed by atoms with Crippen molar-refractivity contribution in [3.05, 3.63) is 60.3 Å². The van der Waals surface area contributed by atoms with Crippen LogP contribution < -0.4 is 11.1 Å². The molecular weight excluding hydrogens is 332 g/mol. The molecule has 2 aromatic heterocycles. The molecule has 4 rings (SSSR count). The molecule has 3 N–H and O–H groups in total. The van der Waals surface area contributed by atoms with E-state index in [4.69, 9.17) is 10.7 Å². The Hall–Kier alpha value is -2.70. The van der Waals surface area contributed by atoms with Gasteiger partial charge in [0.2, 0.25) is 5.91 Å². The van der Waals surface area contributed by atoms with E-state index in [1.54, 1.807) is 11.3 Å². The van der Waals surface area contributed by atoms with Crippen molar-refractivity contribution in [3.8, 4) is 11.3 Å². The van der Waals surface area contributed by atoms with Gasteiger partial charge in [0.1, 0.15) is 0 Å². The number of benzene rings is 2. The van der Waals surface area contributed by atoms with Gasteiger partial charge in [0, 0.05) is 31.3 Å². The lowest BCUT2D eigenvalue weighted by atomic mass is 10.1. The second-order valence-corrected chi connectivity index (χ2v) is 6.87. The summed E-state index contributed by atoms with van der Waals surface area (Å²) >= 11 is 1.69. The van der Waals surface area contributed by atoms with E-state index in [0.29, 0.717) is 19.5 Å². The molecular formula is C19H18N4OS. The Balaban J connectivity index is 1.55. The number of hydrogen-bond donors (Lipinski definition) is 2. The highest BCUT2D eigenvalue weighted by Gasteiger charge is 2.10. The Labute approximate surface area is 149 Å². The van der Waals surface area contributed by atoms with Crippen molar-refractivity contribution in [2.24, 2.45) is 5.73 Å². The maximum absolute atomic E-state index is 11.5. The summed E-state index contributed by atoms with van der Waals surface area (Å²) in [7, 11) is 0. The van der Waals surface area contributed by atoms with Gasteiger partial charge in [-0.3, -0.25) is 9.20 Å². The van der Waals surface area contributed by atoms with Crippen LogP contribution >= 0.6 is 11.3 Å². The highest BCUT2D eigenvalue weighted by molar-refractivity contribution is 7.23. The zero-order valence-electron chi connectivity index (χ0n) is 13.6. The molecule has 0 bridgehead atoms. The van der Waals surface area contributed by atoms with E-state index in [9.17, 15) is 4.79 Å². The van der Waals surface area contributed by atoms with E-state index in [-0.39, 0.29) is 5.91 Å². The zero-order valence-corrected chi connectivity index (χ0v) is 14.4. The Bertz CT molecular complexity index is 1030. The van der Waals surface area contributed by atoms with Crippen molar-refractivity contribution < 1.29 is 4.79 Å². The molecule has 0 spiro atoms. The number of nitrogens with zero attached hydrogens (tertiary/aromatic N) is 2. The molecule has 2 heterocycles. The van der Waals surface area contributed by atoms with Gasteiger partial charge in [-0.25, -0.2) is 4.98 Å². The average molecular weight is 350 g/mol. The number of para-hydroxylation sites is 1. The standard InChI is InChI=1S/C19H18N4OS/c20-10-9-18(24)21-11-13-5-7-14(8-6-13)15-12-23-16-3-1-2-4-17(16)25-19(23)22-15/h1-8,12H,9-11,20H2,(H,21,24). The van der Waals surface area contributed by atoms with E-state index >= 15 is 0 Å². The van der Waals surface area contributed by atoms with Crippen LogP contribution in [0.1, 0.15) is 12.0 Å². The molecule has 5 nitrogen and oxygen atoms in total. The van der Waals surface area contributed by atoms with Gasteiger partial charge < -0.3 is 11.1 Å². The van der Waals surface area contributed by atoms with Crippen molar-refractivity contribution in [1.29, 1.82) is 0 Å². The first-order valence-corrected chi connectivity index (χ1v) is 8.99. The average Bonchev–Trinajstić information content (AvgIpc) is 3.19. The van der Waals surface area contributed by atoms with Crippen LogP contribution in [0.2, 0.25) is 0 Å². The van der Waals surface area contributed by atoms with Gasteiger partial charge in [0.05, 0.1) is 15.9 Å². The second kappa shape index (κ2) is 6.66. The largest absolute Gasteiger partial charge is 0.352 e. The van der Waals surface area contributed by atoms with Gasteiger partial charge in [-0.05, 0) is 17.7 Å². The van der Waals surface area contributed by atoms with Gasteiger partial charge in [0.25, 0.3) is 0 Å². The highest BCUT2D eigenvalue weighted by Crippen LogP contribution is 2.29. The molecule has 0 aliphatic rings. The van der Waals surface area contributed by atoms with Crippen molar-refractivity contribution >= 4 is 32.4 Å². The molecule has 0 fully saturated rings. The Morgan fingerprint density at radius 2 is 1.96 bits per heavy atom. The first-order valence-electron chi connectivity index (χ1n) is 8.17. The van der Waals surface area contributed by atoms with Crippen LogP contribution in [-0.2, 0) is 11.3 Å². The molecule has 0 radical (unpaired) electrons. The third-order valence-corrected chi connectivity index (χ3v) is 5.15. The topological polar surface area (TPSA) is 72.4 Å². The van der Waals surface area contributed by atoms with Gasteiger partial charge >= 0.3 is 0 Å². The SMILES string of the molecule is NCCC(=O)NCc1ccc(-c2cn3c(n2)sc2ccccc23)cc1. The summed E-state index contributed by atoms with van der Waals surface area (Å²) < 4.78 is 3.37. The van der Waals surface area contributed by atoms with Crippen molar-refractivity contribution in [2.75, 3.05) is 6.54 Å². The highest BCUT2D eigenvalue weighted by atomic mass is 32.1. The number of imidazole rings is 1. The minimum Gasteiger partial charge on any atom is -0.352 e. The van der Waals surface area contributed by atoms with Gasteiger partial charge in [-0.2, -0.15) is 0 Å². The summed E-state index contributed by atoms with van der Waals surface area (Å²) in [6, 6.07) is 16.4. The monoisotopic (exact) mass is 350 g/mol. The van der Waals surface area contributed by atoms with Crippen LogP contribution in [0.4, 0.5) is 0 Å². The molecule has 0 saturated carbocycles. The predicted octanol–water partition coefficient (Wildman–Crippen LogP) is 3.18. The number of nitrogens with two attached hydrogens (primary N) is 1. The molecule has 126 valence electrons. The molecule has 6 heteroatoms. The molecule has 0 aliphatic heterocycles. The summed E-state index contributed by atoms with van der Waals surface area (Å²) in [5.41, 5.74) is 9.63. The van der Waals surface area contributed by atoms with E-state index in [1.165, 1.54) is 10.2 Å². The Morgan fingerprint density at radius 1 is 1.16 bits per heavy atom. The summed E-state index contributed by atoms with van der Waals surface area (Å²) in [4.78, 5) is 17.2. The number of nitrogens with one attached hydrogen (secondary N) is 1. The fraction of sp³-hybridized carbons (Fsp3) is 0.158. The van der Waals surface area contributed by atoms with Crippen molar-refractivity contribution in [3.63, 3.8) is 0 Å². The minimum atomic E-state index is -0.0206. The second-order valence-electron chi connectivity index (χ2n) is 5.86. The van der Waals surface area contributed by atoms with Crippen LogP contribution in [0.25, 0.3) is 26.4 Å². The van der Waals surface area contributed by atoms with Crippen LogP contribution in [0.5, 0.6) is 0 Å². The Kier molecular flexibility index (Phi) is 4.21. The number of carbonyl (C=O) groups excluding carboxylic acids is 1. The maximum atomic E-state index is 11.5. The van der Waals surface area contributed by atoms with Crippen LogP contribution in [0.15, 0.2) is 54.7 Å². The number of hydrogen-bond acceptors (Lipinski definition) is 4. The van der Waals surface area contributed by atoms with Gasteiger partial charge in [-0.15, -0.1) is 0 Å². The lowest BCUT2D eigenvalue weighted by molar-refractivity contribution is -0.121. The number of carbonyl (C=O) groups is 1. The van der Waals surface area contributed by atoms with Gasteiger partial charge in [-0.1, -0.05) is 47.7 Å². The van der Waals surface area contributed by atoms with Crippen molar-refractivity contribution in [1.82, 2.24) is 14.7 Å². The number of amides is 1. The number of rotatable bonds is 5. The fourth-order valence-electron chi connectivity index (χ4n) is 2.80. The summed E-state index contributed by atoms with van der Waals surface area (Å²) in [6.07, 6.45) is 2.43. The molecule has 1 amide bonds. The van der Waals surface area contributed by atoms with Crippen LogP contribution in [-0.4, -0.2) is 21.8 Å². The lowest BCUT2D eigenvalue weighted by Crippen LogP contribution is -2.24. The molecule has 0 aliphatic carbocycles. The molecule has 0 unspecified atom stereocenters. The van der Waals surface area contributed by atoms with E-state index in [1.807, 2.05) is 36.4 Å².